The van der Waals surface area contributed by atoms with Crippen molar-refractivity contribution in [3.8, 4) is 0 Å². The van der Waals surface area contributed by atoms with Gasteiger partial charge in [-0.25, -0.2) is 0 Å². The van der Waals surface area contributed by atoms with E-state index in [2.05, 4.69) is 10.4 Å². The normalized spacial score (nSPS) is 10.0. The lowest BCUT2D eigenvalue weighted by Gasteiger charge is -2.06. The number of aryl methyl sites for hydroxylation is 2. The Bertz CT molecular complexity index is 604. The standard InChI is InChI=1S/C14H18N4O.ClH/c1-9-13(10(2)18(3)17-9)14(19)16-12-6-4-11(8-15)5-7-12;/h4-7H,8,15H2,1-3H3,(H,16,19);1H. The monoisotopic (exact) mass is 294 g/mol. The number of carbonyl (C=O) groups is 1. The van der Waals surface area contributed by atoms with Gasteiger partial charge in [0.2, 0.25) is 0 Å². The molecule has 0 saturated carbocycles. The van der Waals surface area contributed by atoms with Crippen molar-refractivity contribution in [1.29, 1.82) is 0 Å². The van der Waals surface area contributed by atoms with E-state index < -0.39 is 0 Å². The van der Waals surface area contributed by atoms with Crippen LogP contribution in [-0.4, -0.2) is 15.7 Å². The minimum atomic E-state index is -0.136. The number of benzene rings is 1. The zero-order valence-corrected chi connectivity index (χ0v) is 12.6. The Labute approximate surface area is 124 Å². The molecule has 5 nitrogen and oxygen atoms in total. The fourth-order valence-corrected chi connectivity index (χ4v) is 2.02. The highest BCUT2D eigenvalue weighted by Gasteiger charge is 2.17. The summed E-state index contributed by atoms with van der Waals surface area (Å²) in [5.41, 5.74) is 9.54. The van der Waals surface area contributed by atoms with E-state index in [1.54, 1.807) is 4.68 Å². The first-order valence-corrected chi connectivity index (χ1v) is 6.13. The lowest BCUT2D eigenvalue weighted by Crippen LogP contribution is -2.14. The molecule has 0 spiro atoms. The van der Waals surface area contributed by atoms with Crippen LogP contribution in [0.4, 0.5) is 5.69 Å². The number of rotatable bonds is 3. The molecule has 0 aliphatic rings. The Morgan fingerprint density at radius 1 is 1.30 bits per heavy atom. The van der Waals surface area contributed by atoms with E-state index in [9.17, 15) is 4.79 Å². The third-order valence-electron chi connectivity index (χ3n) is 3.18. The predicted octanol–water partition coefficient (Wildman–Crippen LogP) is 2.17. The molecule has 0 atom stereocenters. The van der Waals surface area contributed by atoms with Crippen LogP contribution in [0.1, 0.15) is 27.3 Å². The number of anilines is 1. The molecule has 6 heteroatoms. The lowest BCUT2D eigenvalue weighted by atomic mass is 10.1. The Kier molecular flexibility index (Phi) is 5.30. The van der Waals surface area contributed by atoms with Crippen molar-refractivity contribution in [2.75, 3.05) is 5.32 Å². The molecule has 0 radical (unpaired) electrons. The van der Waals surface area contributed by atoms with Gasteiger partial charge < -0.3 is 11.1 Å². The maximum absolute atomic E-state index is 12.2. The van der Waals surface area contributed by atoms with E-state index in [4.69, 9.17) is 5.73 Å². The van der Waals surface area contributed by atoms with Gasteiger partial charge in [-0.15, -0.1) is 12.4 Å². The Balaban J connectivity index is 0.00000200. The SMILES string of the molecule is Cc1nn(C)c(C)c1C(=O)Nc1ccc(CN)cc1.Cl. The van der Waals surface area contributed by atoms with Crippen LogP contribution in [0.5, 0.6) is 0 Å². The number of amides is 1. The first kappa shape index (κ1) is 16.2. The van der Waals surface area contributed by atoms with Crippen LogP contribution >= 0.6 is 12.4 Å². The Hall–Kier alpha value is -1.85. The molecular weight excluding hydrogens is 276 g/mol. The van der Waals surface area contributed by atoms with Crippen LogP contribution in [0.2, 0.25) is 0 Å². The van der Waals surface area contributed by atoms with Crippen LogP contribution in [0.25, 0.3) is 0 Å². The predicted molar refractivity (Wildman–Crippen MR) is 82.2 cm³/mol. The van der Waals surface area contributed by atoms with Crippen LogP contribution in [0.3, 0.4) is 0 Å². The molecule has 2 rings (SSSR count). The third kappa shape index (κ3) is 3.18. The van der Waals surface area contributed by atoms with Gasteiger partial charge in [0.1, 0.15) is 0 Å². The summed E-state index contributed by atoms with van der Waals surface area (Å²) in [5.74, 6) is -0.136. The maximum Gasteiger partial charge on any atom is 0.259 e. The molecule has 1 aromatic carbocycles. The molecule has 0 saturated heterocycles. The average Bonchev–Trinajstić information content (AvgIpc) is 2.64. The first-order chi connectivity index (χ1) is 9.02. The second kappa shape index (κ2) is 6.54. The largest absolute Gasteiger partial charge is 0.326 e. The van der Waals surface area contributed by atoms with E-state index in [0.717, 1.165) is 22.6 Å². The van der Waals surface area contributed by atoms with Crippen LogP contribution in [-0.2, 0) is 13.6 Å². The molecule has 0 bridgehead atoms. The number of nitrogens with zero attached hydrogens (tertiary/aromatic N) is 2. The van der Waals surface area contributed by atoms with E-state index in [0.29, 0.717) is 12.1 Å². The Morgan fingerprint density at radius 3 is 2.35 bits per heavy atom. The molecule has 20 heavy (non-hydrogen) atoms. The minimum Gasteiger partial charge on any atom is -0.326 e. The molecule has 1 heterocycles. The van der Waals surface area contributed by atoms with E-state index in [1.165, 1.54) is 0 Å². The summed E-state index contributed by atoms with van der Waals surface area (Å²) in [6.45, 7) is 4.21. The van der Waals surface area contributed by atoms with Gasteiger partial charge in [0.25, 0.3) is 5.91 Å². The van der Waals surface area contributed by atoms with Crippen molar-refractivity contribution >= 4 is 24.0 Å². The highest BCUT2D eigenvalue weighted by Crippen LogP contribution is 2.15. The van der Waals surface area contributed by atoms with Crippen molar-refractivity contribution in [2.45, 2.75) is 20.4 Å². The van der Waals surface area contributed by atoms with E-state index in [1.807, 2.05) is 45.2 Å². The zero-order chi connectivity index (χ0) is 14.0. The fraction of sp³-hybridized carbons (Fsp3) is 0.286. The lowest BCUT2D eigenvalue weighted by molar-refractivity contribution is 0.102. The number of nitrogens with one attached hydrogen (secondary N) is 1. The molecule has 0 fully saturated rings. The summed E-state index contributed by atoms with van der Waals surface area (Å²) in [6, 6.07) is 7.50. The second-order valence-corrected chi connectivity index (χ2v) is 4.52. The van der Waals surface area contributed by atoms with E-state index >= 15 is 0 Å². The minimum absolute atomic E-state index is 0. The van der Waals surface area contributed by atoms with Crippen LogP contribution in [0, 0.1) is 13.8 Å². The van der Waals surface area contributed by atoms with Crippen LogP contribution in [0.15, 0.2) is 24.3 Å². The van der Waals surface area contributed by atoms with Gasteiger partial charge in [-0.05, 0) is 31.5 Å². The topological polar surface area (TPSA) is 72.9 Å². The maximum atomic E-state index is 12.2. The summed E-state index contributed by atoms with van der Waals surface area (Å²) in [4.78, 5) is 12.2. The molecule has 3 N–H and O–H groups in total. The highest BCUT2D eigenvalue weighted by molar-refractivity contribution is 6.05. The van der Waals surface area contributed by atoms with Gasteiger partial charge in [-0.3, -0.25) is 9.48 Å². The molecule has 1 amide bonds. The zero-order valence-electron chi connectivity index (χ0n) is 11.8. The van der Waals surface area contributed by atoms with Crippen LogP contribution < -0.4 is 11.1 Å². The first-order valence-electron chi connectivity index (χ1n) is 6.13. The smallest absolute Gasteiger partial charge is 0.259 e. The molecular formula is C14H19ClN4O. The van der Waals surface area contributed by atoms with Crippen molar-refractivity contribution in [2.24, 2.45) is 12.8 Å². The summed E-state index contributed by atoms with van der Waals surface area (Å²) >= 11 is 0. The summed E-state index contributed by atoms with van der Waals surface area (Å²) < 4.78 is 1.71. The molecule has 0 unspecified atom stereocenters. The molecule has 0 aliphatic carbocycles. The number of carbonyl (C=O) groups excluding carboxylic acids is 1. The molecule has 1 aromatic heterocycles. The van der Waals surface area contributed by atoms with Crippen molar-refractivity contribution in [3.63, 3.8) is 0 Å². The summed E-state index contributed by atoms with van der Waals surface area (Å²) in [7, 11) is 1.83. The van der Waals surface area contributed by atoms with Gasteiger partial charge >= 0.3 is 0 Å². The number of hydrogen-bond acceptors (Lipinski definition) is 3. The highest BCUT2D eigenvalue weighted by atomic mass is 35.5. The third-order valence-corrected chi connectivity index (χ3v) is 3.18. The van der Waals surface area contributed by atoms with Crippen molar-refractivity contribution in [1.82, 2.24) is 9.78 Å². The Morgan fingerprint density at radius 2 is 1.90 bits per heavy atom. The number of hydrogen-bond donors (Lipinski definition) is 2. The molecule has 2 aromatic rings. The number of aromatic nitrogens is 2. The van der Waals surface area contributed by atoms with Gasteiger partial charge in [0.05, 0.1) is 11.3 Å². The summed E-state index contributed by atoms with van der Waals surface area (Å²) in [6.07, 6.45) is 0. The molecule has 108 valence electrons. The van der Waals surface area contributed by atoms with Gasteiger partial charge in [0, 0.05) is 25.0 Å². The van der Waals surface area contributed by atoms with Crippen molar-refractivity contribution in [3.05, 3.63) is 46.8 Å². The second-order valence-electron chi connectivity index (χ2n) is 4.52. The van der Waals surface area contributed by atoms with Gasteiger partial charge in [-0.2, -0.15) is 5.10 Å². The number of nitrogens with two attached hydrogens (primary N) is 1. The summed E-state index contributed by atoms with van der Waals surface area (Å²) in [5, 5.41) is 7.11. The molecule has 0 aliphatic heterocycles. The van der Waals surface area contributed by atoms with Gasteiger partial charge in [0.15, 0.2) is 0 Å². The quantitative estimate of drug-likeness (QED) is 0.911. The van der Waals surface area contributed by atoms with E-state index in [-0.39, 0.29) is 18.3 Å². The number of halogens is 1. The van der Waals surface area contributed by atoms with Crippen molar-refractivity contribution < 1.29 is 4.79 Å². The average molecular weight is 295 g/mol. The fourth-order valence-electron chi connectivity index (χ4n) is 2.02. The van der Waals surface area contributed by atoms with Gasteiger partial charge in [-0.1, -0.05) is 12.1 Å².